The van der Waals surface area contributed by atoms with E-state index >= 15 is 0 Å². The number of hydrogen-bond donors (Lipinski definition) is 0. The number of Topliss-reactive ketones (excluding diaryl/α,β-unsaturated/α-hetero) is 1. The zero-order valence-electron chi connectivity index (χ0n) is 17.3. The molecule has 0 bridgehead atoms. The van der Waals surface area contributed by atoms with Crippen LogP contribution in [0.15, 0.2) is 57.0 Å². The molecule has 0 fully saturated rings. The summed E-state index contributed by atoms with van der Waals surface area (Å²) in [5, 5.41) is 0. The number of aliphatic imine (C=N–C) groups is 1. The van der Waals surface area contributed by atoms with Gasteiger partial charge in [-0.3, -0.25) is 18.7 Å². The van der Waals surface area contributed by atoms with Crippen LogP contribution in [0.3, 0.4) is 0 Å². The van der Waals surface area contributed by atoms with E-state index in [9.17, 15) is 14.4 Å². The van der Waals surface area contributed by atoms with Crippen molar-refractivity contribution in [2.75, 3.05) is 0 Å². The van der Waals surface area contributed by atoms with Crippen LogP contribution in [0, 0.1) is 19.8 Å². The standard InChI is InChI=1S/C24H21N3O3/c1-12-9-10-14(13(2)11-12)17-18-20(15-7-5-6-8-16(15)21(18)28)25-22-19(17)23(29)27(4)24(30)26(22)3/h5-11,17-18H,1-4H3/t17-,18+/m0/s1. The predicted octanol–water partition coefficient (Wildman–Crippen LogP) is 2.78. The number of fused-ring (bicyclic) bond motifs is 4. The van der Waals surface area contributed by atoms with E-state index in [-0.39, 0.29) is 5.78 Å². The molecule has 150 valence electrons. The van der Waals surface area contributed by atoms with E-state index in [2.05, 4.69) is 6.07 Å². The van der Waals surface area contributed by atoms with Gasteiger partial charge in [0.2, 0.25) is 0 Å². The first kappa shape index (κ1) is 18.5. The maximum Gasteiger partial charge on any atom is 0.332 e. The number of aromatic nitrogens is 2. The normalized spacial score (nSPS) is 19.2. The summed E-state index contributed by atoms with van der Waals surface area (Å²) in [5.74, 6) is -0.778. The van der Waals surface area contributed by atoms with Crippen molar-refractivity contribution in [1.82, 2.24) is 9.13 Å². The number of rotatable bonds is 1. The molecule has 3 aromatic rings. The monoisotopic (exact) mass is 399 g/mol. The summed E-state index contributed by atoms with van der Waals surface area (Å²) >= 11 is 0. The van der Waals surface area contributed by atoms with Crippen molar-refractivity contribution in [3.63, 3.8) is 0 Å². The summed E-state index contributed by atoms with van der Waals surface area (Å²) in [5.41, 5.74) is 4.63. The van der Waals surface area contributed by atoms with Crippen LogP contribution in [0.1, 0.15) is 44.1 Å². The highest BCUT2D eigenvalue weighted by molar-refractivity contribution is 6.30. The van der Waals surface area contributed by atoms with Crippen LogP contribution in [0.2, 0.25) is 0 Å². The Labute approximate surface area is 173 Å². The van der Waals surface area contributed by atoms with E-state index in [1.54, 1.807) is 13.1 Å². The quantitative estimate of drug-likeness (QED) is 0.632. The summed E-state index contributed by atoms with van der Waals surface area (Å²) in [6.45, 7) is 4.00. The fraction of sp³-hybridized carbons (Fsp3) is 0.250. The lowest BCUT2D eigenvalue weighted by Gasteiger charge is -2.30. The number of benzene rings is 2. The molecule has 2 aromatic carbocycles. The number of hydrogen-bond acceptors (Lipinski definition) is 4. The number of carbonyl (C=O) groups excluding carboxylic acids is 1. The molecule has 0 saturated carbocycles. The first-order valence-electron chi connectivity index (χ1n) is 9.90. The van der Waals surface area contributed by atoms with Crippen molar-refractivity contribution in [3.05, 3.63) is 96.7 Å². The first-order valence-corrected chi connectivity index (χ1v) is 9.90. The minimum absolute atomic E-state index is 0.0316. The molecule has 0 amide bonds. The van der Waals surface area contributed by atoms with Crippen molar-refractivity contribution in [2.24, 2.45) is 25.0 Å². The smallest absolute Gasteiger partial charge is 0.293 e. The summed E-state index contributed by atoms with van der Waals surface area (Å²) in [4.78, 5) is 44.1. The van der Waals surface area contributed by atoms with E-state index < -0.39 is 23.1 Å². The molecule has 2 heterocycles. The molecule has 6 heteroatoms. The predicted molar refractivity (Wildman–Crippen MR) is 115 cm³/mol. The lowest BCUT2D eigenvalue weighted by atomic mass is 9.75. The number of carbonyl (C=O) groups is 1. The maximum absolute atomic E-state index is 13.5. The second-order valence-corrected chi connectivity index (χ2v) is 8.17. The Morgan fingerprint density at radius 1 is 0.867 bits per heavy atom. The SMILES string of the molecule is Cc1ccc([C@@H]2c3c(n(C)c(=O)n(C)c3=O)N=C3c4ccccc4C(=O)[C@@H]32)c(C)c1. The van der Waals surface area contributed by atoms with Gasteiger partial charge >= 0.3 is 5.69 Å². The molecule has 0 saturated heterocycles. The van der Waals surface area contributed by atoms with E-state index in [1.807, 2.05) is 44.2 Å². The van der Waals surface area contributed by atoms with Gasteiger partial charge in [0.25, 0.3) is 5.56 Å². The van der Waals surface area contributed by atoms with Crippen LogP contribution in [0.5, 0.6) is 0 Å². The van der Waals surface area contributed by atoms with Crippen molar-refractivity contribution < 1.29 is 4.79 Å². The lowest BCUT2D eigenvalue weighted by molar-refractivity contribution is 0.0953. The molecule has 0 spiro atoms. The second kappa shape index (κ2) is 6.23. The van der Waals surface area contributed by atoms with Crippen molar-refractivity contribution in [1.29, 1.82) is 0 Å². The Morgan fingerprint density at radius 3 is 2.27 bits per heavy atom. The molecule has 30 heavy (non-hydrogen) atoms. The molecule has 1 aromatic heterocycles. The average molecular weight is 399 g/mol. The van der Waals surface area contributed by atoms with Gasteiger partial charge in [0, 0.05) is 31.1 Å². The van der Waals surface area contributed by atoms with Gasteiger partial charge < -0.3 is 0 Å². The Kier molecular flexibility index (Phi) is 3.84. The van der Waals surface area contributed by atoms with E-state index in [4.69, 9.17) is 4.99 Å². The lowest BCUT2D eigenvalue weighted by Crippen LogP contribution is -2.43. The molecule has 1 aliphatic carbocycles. The Bertz CT molecular complexity index is 1410. The van der Waals surface area contributed by atoms with E-state index in [0.717, 1.165) is 26.8 Å². The van der Waals surface area contributed by atoms with Crippen molar-refractivity contribution in [3.8, 4) is 0 Å². The minimum atomic E-state index is -0.582. The molecule has 0 N–H and O–H groups in total. The zero-order valence-corrected chi connectivity index (χ0v) is 17.3. The van der Waals surface area contributed by atoms with Crippen molar-refractivity contribution >= 4 is 17.3 Å². The molecule has 2 aliphatic rings. The van der Waals surface area contributed by atoms with Gasteiger partial charge in [0.1, 0.15) is 5.82 Å². The summed E-state index contributed by atoms with van der Waals surface area (Å²) in [6.07, 6.45) is 0. The topological polar surface area (TPSA) is 73.4 Å². The largest absolute Gasteiger partial charge is 0.332 e. The molecule has 2 atom stereocenters. The average Bonchev–Trinajstić information content (AvgIpc) is 3.02. The molecular weight excluding hydrogens is 378 g/mol. The van der Waals surface area contributed by atoms with Crippen LogP contribution >= 0.6 is 0 Å². The van der Waals surface area contributed by atoms with Crippen LogP contribution in [-0.4, -0.2) is 20.6 Å². The van der Waals surface area contributed by atoms with E-state index in [1.165, 1.54) is 11.6 Å². The highest BCUT2D eigenvalue weighted by Gasteiger charge is 2.48. The second-order valence-electron chi connectivity index (χ2n) is 8.17. The summed E-state index contributed by atoms with van der Waals surface area (Å²) in [6, 6.07) is 13.4. The molecule has 0 unspecified atom stereocenters. The Balaban J connectivity index is 1.92. The van der Waals surface area contributed by atoms with E-state index in [0.29, 0.717) is 22.7 Å². The van der Waals surface area contributed by atoms with Gasteiger partial charge in [-0.25, -0.2) is 9.79 Å². The number of aryl methyl sites for hydroxylation is 2. The molecule has 5 rings (SSSR count). The zero-order chi connectivity index (χ0) is 21.3. The van der Waals surface area contributed by atoms with Gasteiger partial charge in [0.05, 0.1) is 17.2 Å². The molecular formula is C24H21N3O3. The third-order valence-electron chi connectivity index (χ3n) is 6.34. The molecule has 6 nitrogen and oxygen atoms in total. The summed E-state index contributed by atoms with van der Waals surface area (Å²) in [7, 11) is 3.08. The van der Waals surface area contributed by atoms with Crippen LogP contribution in [0.4, 0.5) is 5.82 Å². The third-order valence-corrected chi connectivity index (χ3v) is 6.34. The number of nitrogens with zero attached hydrogens (tertiary/aromatic N) is 3. The Hall–Kier alpha value is -3.54. The molecule has 0 radical (unpaired) electrons. The third kappa shape index (κ3) is 2.30. The highest BCUT2D eigenvalue weighted by atomic mass is 16.2. The molecule has 1 aliphatic heterocycles. The van der Waals surface area contributed by atoms with Gasteiger partial charge in [-0.2, -0.15) is 0 Å². The van der Waals surface area contributed by atoms with Crippen LogP contribution in [-0.2, 0) is 14.1 Å². The first-order chi connectivity index (χ1) is 14.3. The van der Waals surface area contributed by atoms with Crippen molar-refractivity contribution in [2.45, 2.75) is 19.8 Å². The minimum Gasteiger partial charge on any atom is -0.293 e. The van der Waals surface area contributed by atoms with Crippen LogP contribution < -0.4 is 11.2 Å². The summed E-state index contributed by atoms with van der Waals surface area (Å²) < 4.78 is 2.50. The van der Waals surface area contributed by atoms with Gasteiger partial charge in [-0.15, -0.1) is 0 Å². The van der Waals surface area contributed by atoms with Gasteiger partial charge in [-0.05, 0) is 25.0 Å². The fourth-order valence-electron chi connectivity index (χ4n) is 4.88. The van der Waals surface area contributed by atoms with Gasteiger partial charge in [-0.1, -0.05) is 48.0 Å². The highest BCUT2D eigenvalue weighted by Crippen LogP contribution is 2.47. The Morgan fingerprint density at radius 2 is 1.57 bits per heavy atom. The maximum atomic E-state index is 13.5. The fourth-order valence-corrected chi connectivity index (χ4v) is 4.88. The van der Waals surface area contributed by atoms with Crippen LogP contribution in [0.25, 0.3) is 0 Å². The van der Waals surface area contributed by atoms with Gasteiger partial charge in [0.15, 0.2) is 5.78 Å². The number of ketones is 1.